The number of ether oxygens (including phenoxy) is 3. The van der Waals surface area contributed by atoms with E-state index >= 15 is 0 Å². The number of nitrogens with two attached hydrogens (primary N) is 1. The van der Waals surface area contributed by atoms with Gasteiger partial charge in [0.15, 0.2) is 0 Å². The summed E-state index contributed by atoms with van der Waals surface area (Å²) in [5.74, 6) is 2.14. The van der Waals surface area contributed by atoms with Crippen molar-refractivity contribution in [2.24, 2.45) is 5.73 Å². The van der Waals surface area contributed by atoms with Crippen molar-refractivity contribution in [2.75, 3.05) is 30.2 Å². The van der Waals surface area contributed by atoms with Crippen LogP contribution in [0.2, 0.25) is 0 Å². The maximum Gasteiger partial charge on any atom is 0.323 e. The molecule has 0 aliphatic carbocycles. The van der Waals surface area contributed by atoms with Gasteiger partial charge in [0, 0.05) is 46.5 Å². The third-order valence-corrected chi connectivity index (χ3v) is 7.95. The lowest BCUT2D eigenvalue weighted by Crippen LogP contribution is -2.23. The highest BCUT2D eigenvalue weighted by atomic mass is 16.5. The van der Waals surface area contributed by atoms with Crippen LogP contribution < -0.4 is 35.9 Å². The van der Waals surface area contributed by atoms with Crippen LogP contribution in [-0.4, -0.2) is 36.1 Å². The summed E-state index contributed by atoms with van der Waals surface area (Å²) < 4.78 is 17.2. The summed E-state index contributed by atoms with van der Waals surface area (Å²) in [7, 11) is 3.06. The Balaban J connectivity index is 1.39. The fourth-order valence-electron chi connectivity index (χ4n) is 5.66. The molecule has 2 heterocycles. The first kappa shape index (κ1) is 33.5. The number of nitrogens with zero attached hydrogens (tertiary/aromatic N) is 2. The summed E-state index contributed by atoms with van der Waals surface area (Å²) in [6.07, 6.45) is 5.17. The lowest BCUT2D eigenvalue weighted by molar-refractivity contribution is -0.117. The van der Waals surface area contributed by atoms with E-state index in [0.717, 1.165) is 34.9 Å². The highest BCUT2D eigenvalue weighted by Crippen LogP contribution is 2.39. The number of primary amides is 1. The minimum absolute atomic E-state index is 0.0187. The molecular formula is C37H40N6O5. The number of nitrogens with one attached hydrogen (secondary N) is 3. The smallest absolute Gasteiger partial charge is 0.323 e. The van der Waals surface area contributed by atoms with Crippen molar-refractivity contribution in [2.45, 2.75) is 45.4 Å². The number of carbonyl (C=O) groups excluding carboxylic acids is 2. The first-order valence-corrected chi connectivity index (χ1v) is 15.6. The number of benzene rings is 3. The predicted molar refractivity (Wildman–Crippen MR) is 189 cm³/mol. The predicted octanol–water partition coefficient (Wildman–Crippen LogP) is 7.93. The van der Waals surface area contributed by atoms with Crippen LogP contribution >= 0.6 is 0 Å². The molecule has 11 nitrogen and oxygen atoms in total. The highest BCUT2D eigenvalue weighted by Gasteiger charge is 2.24. The Hall–Kier alpha value is -5.84. The molecule has 0 atom stereocenters. The van der Waals surface area contributed by atoms with Gasteiger partial charge in [-0.2, -0.15) is 0 Å². The normalized spacial score (nSPS) is 11.1. The average molecular weight is 649 g/mol. The number of fused-ring (bicyclic) bond motifs is 1. The molecule has 0 saturated heterocycles. The van der Waals surface area contributed by atoms with Crippen LogP contribution in [-0.2, 0) is 16.6 Å². The van der Waals surface area contributed by atoms with E-state index < -0.39 is 11.9 Å². The fraction of sp³-hybridized carbons (Fsp3) is 0.243. The number of anilines is 4. The first-order valence-electron chi connectivity index (χ1n) is 15.6. The lowest BCUT2D eigenvalue weighted by Gasteiger charge is -2.27. The summed E-state index contributed by atoms with van der Waals surface area (Å²) in [6.45, 7) is 6.39. The Bertz CT molecular complexity index is 1940. The maximum atomic E-state index is 13.5. The summed E-state index contributed by atoms with van der Waals surface area (Å²) in [5.41, 5.74) is 8.74. The van der Waals surface area contributed by atoms with Crippen LogP contribution in [0.15, 0.2) is 85.2 Å². The van der Waals surface area contributed by atoms with E-state index in [4.69, 9.17) is 19.9 Å². The molecule has 48 heavy (non-hydrogen) atoms. The standard InChI is InChI=1S/C37H40N6O5/c1-6-15-37(2,3)24-18-23(19-32(38)44)35(47-5)30(20-24)43-36(45)42-29-11-12-31(28-10-8-7-9-27(28)29)48-26-14-17-39-33(22-26)41-25-13-16-40-34(21-25)46-4/h7-14,16-18,20-22H,6,15,19H2,1-5H3,(H2,38,44)(H,39,40,41)(H2,42,43,45). The van der Waals surface area contributed by atoms with Gasteiger partial charge < -0.3 is 35.9 Å². The van der Waals surface area contributed by atoms with Crippen molar-refractivity contribution in [3.05, 3.63) is 96.3 Å². The molecule has 3 aromatic carbocycles. The van der Waals surface area contributed by atoms with Gasteiger partial charge in [0.25, 0.3) is 0 Å². The molecule has 0 aliphatic rings. The zero-order chi connectivity index (χ0) is 34.3. The first-order chi connectivity index (χ1) is 23.1. The van der Waals surface area contributed by atoms with E-state index in [1.165, 1.54) is 7.11 Å². The second-order valence-electron chi connectivity index (χ2n) is 11.9. The van der Waals surface area contributed by atoms with Gasteiger partial charge in [0.2, 0.25) is 11.8 Å². The van der Waals surface area contributed by atoms with Crippen LogP contribution in [0.5, 0.6) is 23.1 Å². The number of hydrogen-bond donors (Lipinski definition) is 4. The third kappa shape index (κ3) is 7.92. The molecular weight excluding hydrogens is 608 g/mol. The van der Waals surface area contributed by atoms with Crippen LogP contribution in [0.4, 0.5) is 27.7 Å². The van der Waals surface area contributed by atoms with Gasteiger partial charge in [-0.25, -0.2) is 14.8 Å². The van der Waals surface area contributed by atoms with E-state index in [1.807, 2.05) is 42.5 Å². The second kappa shape index (κ2) is 14.7. The lowest BCUT2D eigenvalue weighted by atomic mass is 9.79. The van der Waals surface area contributed by atoms with Crippen LogP contribution in [0.3, 0.4) is 0 Å². The Morgan fingerprint density at radius 2 is 1.60 bits per heavy atom. The number of methoxy groups -OCH3 is 2. The molecule has 0 unspecified atom stereocenters. The maximum absolute atomic E-state index is 13.5. The number of amides is 3. The molecule has 11 heteroatoms. The number of hydrogen-bond acceptors (Lipinski definition) is 8. The number of rotatable bonds is 13. The Labute approximate surface area is 279 Å². The van der Waals surface area contributed by atoms with Crippen molar-refractivity contribution >= 4 is 45.6 Å². The molecule has 0 radical (unpaired) electrons. The topological polar surface area (TPSA) is 150 Å². The third-order valence-electron chi connectivity index (χ3n) is 7.95. The number of aromatic nitrogens is 2. The summed E-state index contributed by atoms with van der Waals surface area (Å²) >= 11 is 0. The van der Waals surface area contributed by atoms with Gasteiger partial charge in [-0.3, -0.25) is 4.79 Å². The van der Waals surface area contributed by atoms with Gasteiger partial charge in [0.05, 0.1) is 32.0 Å². The molecule has 5 rings (SSSR count). The summed E-state index contributed by atoms with van der Waals surface area (Å²) in [6, 6.07) is 21.7. The largest absolute Gasteiger partial charge is 0.494 e. The molecule has 3 amide bonds. The van der Waals surface area contributed by atoms with E-state index in [0.29, 0.717) is 45.9 Å². The van der Waals surface area contributed by atoms with Gasteiger partial charge >= 0.3 is 6.03 Å². The minimum Gasteiger partial charge on any atom is -0.494 e. The van der Waals surface area contributed by atoms with E-state index in [9.17, 15) is 9.59 Å². The Kier molecular flexibility index (Phi) is 10.3. The molecule has 5 N–H and O–H groups in total. The molecule has 0 spiro atoms. The minimum atomic E-state index is -0.489. The van der Waals surface area contributed by atoms with Crippen molar-refractivity contribution in [3.63, 3.8) is 0 Å². The summed E-state index contributed by atoms with van der Waals surface area (Å²) in [5, 5.41) is 10.7. The molecule has 5 aromatic rings. The average Bonchev–Trinajstić information content (AvgIpc) is 3.06. The molecule has 0 bridgehead atoms. The van der Waals surface area contributed by atoms with Crippen LogP contribution in [0, 0.1) is 0 Å². The van der Waals surface area contributed by atoms with E-state index in [1.54, 1.807) is 49.8 Å². The quantitative estimate of drug-likeness (QED) is 0.101. The molecule has 2 aromatic heterocycles. The van der Waals surface area contributed by atoms with Crippen molar-refractivity contribution in [1.82, 2.24) is 9.97 Å². The zero-order valence-electron chi connectivity index (χ0n) is 27.7. The van der Waals surface area contributed by atoms with Gasteiger partial charge in [0.1, 0.15) is 23.1 Å². The zero-order valence-corrected chi connectivity index (χ0v) is 27.7. The Morgan fingerprint density at radius 1 is 0.854 bits per heavy atom. The van der Waals surface area contributed by atoms with Crippen LogP contribution in [0.1, 0.15) is 44.7 Å². The second-order valence-corrected chi connectivity index (χ2v) is 11.9. The van der Waals surface area contributed by atoms with Crippen molar-refractivity contribution in [3.8, 4) is 23.1 Å². The van der Waals surface area contributed by atoms with Crippen LogP contribution in [0.25, 0.3) is 10.8 Å². The fourth-order valence-corrected chi connectivity index (χ4v) is 5.66. The molecule has 0 fully saturated rings. The van der Waals surface area contributed by atoms with Gasteiger partial charge in [-0.15, -0.1) is 0 Å². The highest BCUT2D eigenvalue weighted by molar-refractivity contribution is 6.08. The molecule has 0 saturated carbocycles. The van der Waals surface area contributed by atoms with E-state index in [2.05, 4.69) is 46.7 Å². The van der Waals surface area contributed by atoms with Crippen molar-refractivity contribution in [1.29, 1.82) is 0 Å². The van der Waals surface area contributed by atoms with E-state index in [-0.39, 0.29) is 11.8 Å². The molecule has 0 aliphatic heterocycles. The number of urea groups is 1. The SMILES string of the molecule is CCCC(C)(C)c1cc(CC(N)=O)c(OC)c(NC(=O)Nc2ccc(Oc3ccnc(Nc4ccnc(OC)c4)c3)c3ccccc23)c1. The number of carbonyl (C=O) groups is 2. The molecule has 248 valence electrons. The number of pyridine rings is 2. The van der Waals surface area contributed by atoms with Gasteiger partial charge in [-0.1, -0.05) is 57.5 Å². The summed E-state index contributed by atoms with van der Waals surface area (Å²) in [4.78, 5) is 33.9. The Morgan fingerprint density at radius 3 is 2.33 bits per heavy atom. The van der Waals surface area contributed by atoms with Crippen molar-refractivity contribution < 1.29 is 23.8 Å². The monoisotopic (exact) mass is 648 g/mol. The van der Waals surface area contributed by atoms with Gasteiger partial charge in [-0.05, 0) is 47.7 Å².